The maximum atomic E-state index is 11.3. The summed E-state index contributed by atoms with van der Waals surface area (Å²) in [6.07, 6.45) is 3.01. The van der Waals surface area contributed by atoms with E-state index >= 15 is 0 Å². The highest BCUT2D eigenvalue weighted by Gasteiger charge is 2.20. The topological polar surface area (TPSA) is 73.1 Å². The normalized spacial score (nSPS) is 10.3. The number of pyridine rings is 1. The number of ketones is 1. The van der Waals surface area contributed by atoms with Gasteiger partial charge < -0.3 is 0 Å². The molecule has 80 valence electrons. The van der Waals surface area contributed by atoms with Gasteiger partial charge >= 0.3 is 0 Å². The van der Waals surface area contributed by atoms with Crippen molar-refractivity contribution >= 4 is 22.2 Å². The molecule has 16 heavy (non-hydrogen) atoms. The summed E-state index contributed by atoms with van der Waals surface area (Å²) in [6.45, 7) is 1.31. The molecule has 1 aromatic heterocycles. The third kappa shape index (κ3) is 1.52. The fourth-order valence-corrected chi connectivity index (χ4v) is 1.63. The van der Waals surface area contributed by atoms with Gasteiger partial charge in [-0.3, -0.25) is 19.9 Å². The zero-order chi connectivity index (χ0) is 11.7. The van der Waals surface area contributed by atoms with E-state index in [4.69, 9.17) is 0 Å². The van der Waals surface area contributed by atoms with Crippen LogP contribution in [0.4, 0.5) is 5.69 Å². The Morgan fingerprint density at radius 3 is 2.75 bits per heavy atom. The molecule has 0 saturated carbocycles. The second kappa shape index (κ2) is 3.69. The first kappa shape index (κ1) is 10.2. The van der Waals surface area contributed by atoms with Crippen LogP contribution in [0.2, 0.25) is 0 Å². The number of carbonyl (C=O) groups is 1. The number of nitrogens with zero attached hydrogens (tertiary/aromatic N) is 2. The van der Waals surface area contributed by atoms with Gasteiger partial charge in [0.2, 0.25) is 0 Å². The zero-order valence-electron chi connectivity index (χ0n) is 8.51. The van der Waals surface area contributed by atoms with Crippen molar-refractivity contribution in [1.29, 1.82) is 0 Å². The van der Waals surface area contributed by atoms with Crippen LogP contribution in [0.1, 0.15) is 17.3 Å². The molecule has 0 aliphatic heterocycles. The predicted octanol–water partition coefficient (Wildman–Crippen LogP) is 2.35. The molecule has 2 rings (SSSR count). The van der Waals surface area contributed by atoms with Crippen molar-refractivity contribution in [3.05, 3.63) is 46.3 Å². The highest BCUT2D eigenvalue weighted by atomic mass is 16.6. The molecule has 0 aliphatic rings. The van der Waals surface area contributed by atoms with E-state index in [-0.39, 0.29) is 17.0 Å². The number of hydrogen-bond donors (Lipinski definition) is 0. The minimum Gasteiger partial charge on any atom is -0.294 e. The summed E-state index contributed by atoms with van der Waals surface area (Å²) in [6, 6.07) is 4.66. The van der Waals surface area contributed by atoms with Gasteiger partial charge in [-0.2, -0.15) is 0 Å². The maximum absolute atomic E-state index is 11.3. The SMILES string of the molecule is CC(=O)c1ccc2cnccc2c1[N+](=O)[O-]. The highest BCUT2D eigenvalue weighted by molar-refractivity contribution is 6.05. The lowest BCUT2D eigenvalue weighted by Crippen LogP contribution is -2.00. The molecule has 1 aromatic carbocycles. The zero-order valence-corrected chi connectivity index (χ0v) is 8.51. The molecule has 0 spiro atoms. The average molecular weight is 216 g/mol. The lowest BCUT2D eigenvalue weighted by atomic mass is 10.0. The number of fused-ring (bicyclic) bond motifs is 1. The van der Waals surface area contributed by atoms with Crippen LogP contribution >= 0.6 is 0 Å². The van der Waals surface area contributed by atoms with Gasteiger partial charge in [0.15, 0.2) is 5.78 Å². The maximum Gasteiger partial charge on any atom is 0.288 e. The summed E-state index contributed by atoms with van der Waals surface area (Å²) in [5, 5.41) is 12.1. The Morgan fingerprint density at radius 1 is 1.38 bits per heavy atom. The van der Waals surface area contributed by atoms with Crippen molar-refractivity contribution in [3.63, 3.8) is 0 Å². The van der Waals surface area contributed by atoms with Crippen molar-refractivity contribution in [3.8, 4) is 0 Å². The molecule has 0 radical (unpaired) electrons. The average Bonchev–Trinajstić information content (AvgIpc) is 2.27. The van der Waals surface area contributed by atoms with E-state index in [9.17, 15) is 14.9 Å². The largest absolute Gasteiger partial charge is 0.294 e. The summed E-state index contributed by atoms with van der Waals surface area (Å²) in [4.78, 5) is 25.6. The molecule has 0 N–H and O–H groups in total. The number of nitro benzene ring substituents is 1. The van der Waals surface area contributed by atoms with E-state index in [0.717, 1.165) is 0 Å². The molecule has 0 aliphatic carbocycles. The monoisotopic (exact) mass is 216 g/mol. The molecule has 0 unspecified atom stereocenters. The Hall–Kier alpha value is -2.30. The van der Waals surface area contributed by atoms with Gasteiger partial charge in [-0.15, -0.1) is 0 Å². The Labute approximate surface area is 90.9 Å². The lowest BCUT2D eigenvalue weighted by molar-refractivity contribution is -0.383. The number of nitro groups is 1. The van der Waals surface area contributed by atoms with Gasteiger partial charge in [0.1, 0.15) is 0 Å². The number of hydrogen-bond acceptors (Lipinski definition) is 4. The summed E-state index contributed by atoms with van der Waals surface area (Å²) < 4.78 is 0. The van der Waals surface area contributed by atoms with Crippen molar-refractivity contribution in [1.82, 2.24) is 4.98 Å². The van der Waals surface area contributed by atoms with E-state index in [1.54, 1.807) is 12.1 Å². The molecular formula is C11H8N2O3. The summed E-state index contributed by atoms with van der Waals surface area (Å²) in [7, 11) is 0. The van der Waals surface area contributed by atoms with E-state index in [0.29, 0.717) is 10.8 Å². The van der Waals surface area contributed by atoms with E-state index in [1.807, 2.05) is 0 Å². The van der Waals surface area contributed by atoms with E-state index < -0.39 is 4.92 Å². The number of rotatable bonds is 2. The van der Waals surface area contributed by atoms with Gasteiger partial charge in [-0.05, 0) is 19.1 Å². The molecule has 1 heterocycles. The molecule has 5 nitrogen and oxygen atoms in total. The first-order valence-electron chi connectivity index (χ1n) is 4.63. The Kier molecular flexibility index (Phi) is 2.36. The van der Waals surface area contributed by atoms with Gasteiger partial charge in [0.05, 0.1) is 15.9 Å². The van der Waals surface area contributed by atoms with Crippen LogP contribution in [-0.2, 0) is 0 Å². The van der Waals surface area contributed by atoms with Gasteiger partial charge in [0, 0.05) is 17.8 Å². The van der Waals surface area contributed by atoms with Crippen molar-refractivity contribution < 1.29 is 9.72 Å². The Bertz CT molecular complexity index is 593. The van der Waals surface area contributed by atoms with Crippen molar-refractivity contribution in [2.24, 2.45) is 0 Å². The smallest absolute Gasteiger partial charge is 0.288 e. The van der Waals surface area contributed by atoms with E-state index in [2.05, 4.69) is 4.98 Å². The third-order valence-electron chi connectivity index (χ3n) is 2.35. The van der Waals surface area contributed by atoms with Crippen LogP contribution in [-0.4, -0.2) is 15.7 Å². The summed E-state index contributed by atoms with van der Waals surface area (Å²) >= 11 is 0. The number of carbonyl (C=O) groups excluding carboxylic acids is 1. The number of aromatic nitrogens is 1. The Morgan fingerprint density at radius 2 is 2.12 bits per heavy atom. The molecule has 0 amide bonds. The van der Waals surface area contributed by atoms with Crippen molar-refractivity contribution in [2.75, 3.05) is 0 Å². The van der Waals surface area contributed by atoms with Crippen LogP contribution in [0.5, 0.6) is 0 Å². The molecule has 0 atom stereocenters. The van der Waals surface area contributed by atoms with Gasteiger partial charge in [0.25, 0.3) is 5.69 Å². The predicted molar refractivity (Wildman–Crippen MR) is 58.4 cm³/mol. The molecule has 0 fully saturated rings. The second-order valence-corrected chi connectivity index (χ2v) is 3.37. The molecular weight excluding hydrogens is 208 g/mol. The van der Waals surface area contributed by atoms with Crippen LogP contribution in [0.3, 0.4) is 0 Å². The standard InChI is InChI=1S/C11H8N2O3/c1-7(14)9-3-2-8-6-12-5-4-10(8)11(9)13(15)16/h2-6H,1H3. The fraction of sp³-hybridized carbons (Fsp3) is 0.0909. The van der Waals surface area contributed by atoms with Crippen LogP contribution in [0.15, 0.2) is 30.6 Å². The van der Waals surface area contributed by atoms with Gasteiger partial charge in [-0.25, -0.2) is 0 Å². The molecule has 0 saturated heterocycles. The molecule has 5 heteroatoms. The van der Waals surface area contributed by atoms with E-state index in [1.165, 1.54) is 25.4 Å². The quantitative estimate of drug-likeness (QED) is 0.438. The van der Waals surface area contributed by atoms with Crippen LogP contribution in [0, 0.1) is 10.1 Å². The Balaban J connectivity index is 2.90. The molecule has 0 bridgehead atoms. The first-order valence-corrected chi connectivity index (χ1v) is 4.63. The molecule has 2 aromatic rings. The first-order chi connectivity index (χ1) is 7.61. The summed E-state index contributed by atoms with van der Waals surface area (Å²) in [5.41, 5.74) is -0.0175. The highest BCUT2D eigenvalue weighted by Crippen LogP contribution is 2.29. The van der Waals surface area contributed by atoms with Crippen LogP contribution < -0.4 is 0 Å². The van der Waals surface area contributed by atoms with Crippen LogP contribution in [0.25, 0.3) is 10.8 Å². The second-order valence-electron chi connectivity index (χ2n) is 3.37. The van der Waals surface area contributed by atoms with Gasteiger partial charge in [-0.1, -0.05) is 6.07 Å². The summed E-state index contributed by atoms with van der Waals surface area (Å²) in [5.74, 6) is -0.314. The number of benzene rings is 1. The lowest BCUT2D eigenvalue weighted by Gasteiger charge is -2.02. The minimum atomic E-state index is -0.529. The minimum absolute atomic E-state index is 0.128. The number of Topliss-reactive ketones (excluding diaryl/α,β-unsaturated/α-hetero) is 1. The third-order valence-corrected chi connectivity index (χ3v) is 2.35. The van der Waals surface area contributed by atoms with Crippen molar-refractivity contribution in [2.45, 2.75) is 6.92 Å². The fourth-order valence-electron chi connectivity index (χ4n) is 1.63.